The normalized spacial score (nSPS) is 11.4. The minimum absolute atomic E-state index is 0. The van der Waals surface area contributed by atoms with Crippen molar-refractivity contribution in [2.75, 3.05) is 12.4 Å². The number of hydrogen-bond donors (Lipinski definition) is 2. The third kappa shape index (κ3) is 6.29. The quantitative estimate of drug-likeness (QED) is 0.203. The van der Waals surface area contributed by atoms with Gasteiger partial charge < -0.3 is 15.2 Å². The molecule has 190 valence electrons. The summed E-state index contributed by atoms with van der Waals surface area (Å²) in [6.45, 7) is 1.43. The first-order chi connectivity index (χ1) is 17.5. The molecular formula is C25H18Cl2N3NaO6S. The summed E-state index contributed by atoms with van der Waals surface area (Å²) in [5.41, 5.74) is 0.373. The molecule has 13 heteroatoms. The SMILES string of the molecule is COc1ccc(NC(=O)c2cc3ccccc3c(N=Nc3cc(C)c(S(=O)(=O)O)c(Cl)c3)c2[O-])cc1Cl.[Na+]. The van der Waals surface area contributed by atoms with Gasteiger partial charge in [0.25, 0.3) is 16.0 Å². The van der Waals surface area contributed by atoms with E-state index in [2.05, 4.69) is 15.5 Å². The van der Waals surface area contributed by atoms with Gasteiger partial charge in [-0.3, -0.25) is 9.35 Å². The van der Waals surface area contributed by atoms with Gasteiger partial charge in [0.05, 0.1) is 28.5 Å². The van der Waals surface area contributed by atoms with Crippen molar-refractivity contribution in [1.29, 1.82) is 0 Å². The number of nitrogens with one attached hydrogen (secondary N) is 1. The third-order valence-corrected chi connectivity index (χ3v) is 7.13. The molecular weight excluding hydrogens is 564 g/mol. The van der Waals surface area contributed by atoms with E-state index in [9.17, 15) is 22.9 Å². The Hall–Kier alpha value is -2.70. The number of hydrogen-bond acceptors (Lipinski definition) is 7. The van der Waals surface area contributed by atoms with Crippen molar-refractivity contribution >= 4 is 67.1 Å². The molecule has 2 N–H and O–H groups in total. The number of amides is 1. The molecule has 1 amide bonds. The van der Waals surface area contributed by atoms with Crippen LogP contribution in [0.4, 0.5) is 17.1 Å². The van der Waals surface area contributed by atoms with Crippen molar-refractivity contribution in [3.8, 4) is 11.5 Å². The summed E-state index contributed by atoms with van der Waals surface area (Å²) in [5, 5.41) is 25.2. The maximum absolute atomic E-state index is 13.3. The molecule has 4 rings (SSSR count). The Morgan fingerprint density at radius 3 is 2.37 bits per heavy atom. The first-order valence-electron chi connectivity index (χ1n) is 10.6. The Balaban J connectivity index is 0.00000400. The second-order valence-electron chi connectivity index (χ2n) is 7.88. The molecule has 0 unspecified atom stereocenters. The van der Waals surface area contributed by atoms with E-state index in [4.69, 9.17) is 27.9 Å². The predicted octanol–water partition coefficient (Wildman–Crippen LogP) is 3.46. The summed E-state index contributed by atoms with van der Waals surface area (Å²) >= 11 is 12.2. The summed E-state index contributed by atoms with van der Waals surface area (Å²) in [7, 11) is -3.08. The van der Waals surface area contributed by atoms with Gasteiger partial charge in [0.15, 0.2) is 0 Å². The second kappa shape index (κ2) is 12.0. The Kier molecular flexibility index (Phi) is 9.43. The second-order valence-corrected chi connectivity index (χ2v) is 10.0. The van der Waals surface area contributed by atoms with Crippen LogP contribution in [0.1, 0.15) is 15.9 Å². The minimum Gasteiger partial charge on any atom is -0.870 e. The molecule has 4 aromatic rings. The van der Waals surface area contributed by atoms with Crippen LogP contribution < -0.4 is 44.7 Å². The topological polar surface area (TPSA) is 140 Å². The summed E-state index contributed by atoms with van der Waals surface area (Å²) in [5.74, 6) is -0.917. The Morgan fingerprint density at radius 1 is 1.03 bits per heavy atom. The number of fused-ring (bicyclic) bond motifs is 1. The number of nitrogens with zero attached hydrogens (tertiary/aromatic N) is 2. The molecule has 0 radical (unpaired) electrons. The number of azo groups is 1. The summed E-state index contributed by atoms with van der Waals surface area (Å²) < 4.78 is 37.6. The molecule has 0 aliphatic heterocycles. The van der Waals surface area contributed by atoms with Gasteiger partial charge in [-0.05, 0) is 54.3 Å². The van der Waals surface area contributed by atoms with Crippen LogP contribution in [0.5, 0.6) is 11.5 Å². The number of methoxy groups -OCH3 is 1. The van der Waals surface area contributed by atoms with Gasteiger partial charge in [0, 0.05) is 16.6 Å². The van der Waals surface area contributed by atoms with E-state index in [-0.39, 0.29) is 62.1 Å². The molecule has 0 bridgehead atoms. The first kappa shape index (κ1) is 29.9. The minimum atomic E-state index is -4.55. The van der Waals surface area contributed by atoms with Crippen LogP contribution >= 0.6 is 23.2 Å². The van der Waals surface area contributed by atoms with Gasteiger partial charge in [0.1, 0.15) is 10.6 Å². The van der Waals surface area contributed by atoms with Gasteiger partial charge >= 0.3 is 29.6 Å². The summed E-state index contributed by atoms with van der Waals surface area (Å²) in [6, 6.07) is 15.5. The van der Waals surface area contributed by atoms with Crippen molar-refractivity contribution < 1.29 is 57.2 Å². The third-order valence-electron chi connectivity index (χ3n) is 5.37. The van der Waals surface area contributed by atoms with Crippen LogP contribution in [0.25, 0.3) is 10.8 Å². The van der Waals surface area contributed by atoms with Crippen LogP contribution in [-0.2, 0) is 10.1 Å². The monoisotopic (exact) mass is 581 g/mol. The van der Waals surface area contributed by atoms with Crippen molar-refractivity contribution in [3.63, 3.8) is 0 Å². The smallest absolute Gasteiger partial charge is 0.870 e. The van der Waals surface area contributed by atoms with Gasteiger partial charge in [-0.25, -0.2) is 0 Å². The number of halogens is 2. The fraction of sp³-hybridized carbons (Fsp3) is 0.0800. The van der Waals surface area contributed by atoms with E-state index < -0.39 is 26.7 Å². The van der Waals surface area contributed by atoms with E-state index in [1.807, 2.05) is 0 Å². The van der Waals surface area contributed by atoms with E-state index in [1.54, 1.807) is 36.4 Å². The van der Waals surface area contributed by atoms with Crippen molar-refractivity contribution in [2.45, 2.75) is 11.8 Å². The fourth-order valence-corrected chi connectivity index (χ4v) is 5.31. The van der Waals surface area contributed by atoms with Gasteiger partial charge in [-0.2, -0.15) is 18.6 Å². The van der Waals surface area contributed by atoms with Crippen molar-refractivity contribution in [1.82, 2.24) is 0 Å². The molecule has 4 aromatic carbocycles. The molecule has 0 aliphatic carbocycles. The summed E-state index contributed by atoms with van der Waals surface area (Å²) in [6.07, 6.45) is 0. The fourth-order valence-electron chi connectivity index (χ4n) is 3.72. The Morgan fingerprint density at radius 2 is 1.74 bits per heavy atom. The van der Waals surface area contributed by atoms with Gasteiger partial charge in [-0.15, -0.1) is 0 Å². The number of ether oxygens (including phenoxy) is 1. The van der Waals surface area contributed by atoms with Crippen LogP contribution in [0.3, 0.4) is 0 Å². The van der Waals surface area contributed by atoms with Gasteiger partial charge in [0.2, 0.25) is 0 Å². The zero-order valence-corrected chi connectivity index (χ0v) is 24.6. The van der Waals surface area contributed by atoms with Gasteiger partial charge in [-0.1, -0.05) is 53.2 Å². The Labute approximate surface area is 250 Å². The maximum atomic E-state index is 13.3. The molecule has 0 fully saturated rings. The zero-order valence-electron chi connectivity index (χ0n) is 20.3. The van der Waals surface area contributed by atoms with E-state index >= 15 is 0 Å². The number of carbonyl (C=O) groups excluding carboxylic acids is 1. The number of carbonyl (C=O) groups is 1. The molecule has 38 heavy (non-hydrogen) atoms. The Bertz CT molecular complexity index is 1670. The number of aryl methyl sites for hydroxylation is 1. The van der Waals surface area contributed by atoms with Crippen LogP contribution in [0.2, 0.25) is 10.0 Å². The largest absolute Gasteiger partial charge is 1.00 e. The molecule has 9 nitrogen and oxygen atoms in total. The molecule has 0 saturated heterocycles. The average Bonchev–Trinajstić information content (AvgIpc) is 2.82. The number of rotatable bonds is 6. The maximum Gasteiger partial charge on any atom is 1.00 e. The van der Waals surface area contributed by atoms with E-state index in [0.29, 0.717) is 22.2 Å². The predicted molar refractivity (Wildman–Crippen MR) is 140 cm³/mol. The standard InChI is InChI=1S/C25H19Cl2N3O6S.Na/c1-13-9-16(12-20(27)24(13)37(33,34)35)29-30-22-17-6-4-3-5-14(17)10-18(23(22)31)25(32)28-15-7-8-21(36-2)19(26)11-15;/h3-12,31H,1-2H3,(H,28,32)(H,33,34,35);/q;+1/p-1. The zero-order chi connectivity index (χ0) is 26.9. The van der Waals surface area contributed by atoms with Crippen LogP contribution in [0, 0.1) is 6.92 Å². The molecule has 0 saturated carbocycles. The van der Waals surface area contributed by atoms with E-state index in [0.717, 1.165) is 0 Å². The first-order valence-corrected chi connectivity index (χ1v) is 12.8. The number of anilines is 1. The molecule has 0 heterocycles. The summed E-state index contributed by atoms with van der Waals surface area (Å²) in [4.78, 5) is 12.6. The van der Waals surface area contributed by atoms with Crippen molar-refractivity contribution in [3.05, 3.63) is 81.8 Å². The number of benzene rings is 4. The van der Waals surface area contributed by atoms with Crippen molar-refractivity contribution in [2.24, 2.45) is 10.2 Å². The molecule has 0 atom stereocenters. The van der Waals surface area contributed by atoms with Crippen LogP contribution in [-0.4, -0.2) is 26.0 Å². The van der Waals surface area contributed by atoms with E-state index in [1.165, 1.54) is 38.3 Å². The molecule has 0 aliphatic rings. The molecule has 0 aromatic heterocycles. The molecule has 0 spiro atoms. The average molecular weight is 582 g/mol. The van der Waals surface area contributed by atoms with Crippen LogP contribution in [0.15, 0.2) is 75.8 Å².